The molecule has 0 saturated carbocycles. The molecule has 1 heterocycles. The normalized spacial score (nSPS) is 13.8. The van der Waals surface area contributed by atoms with Gasteiger partial charge < -0.3 is 4.74 Å². The standard InChI is InChI=1S/C12H18ClIN2O/c1-6-7(17-5)11-15-9(12(2,3)4)8(14)10(13)16-11/h7H,6H2,1-5H3. The molecule has 96 valence electrons. The van der Waals surface area contributed by atoms with Crippen molar-refractivity contribution in [2.24, 2.45) is 0 Å². The average Bonchev–Trinajstić information content (AvgIpc) is 2.23. The van der Waals surface area contributed by atoms with Crippen LogP contribution in [-0.2, 0) is 10.2 Å². The lowest BCUT2D eigenvalue weighted by molar-refractivity contribution is 0.0921. The van der Waals surface area contributed by atoms with Crippen LogP contribution in [0.15, 0.2) is 0 Å². The van der Waals surface area contributed by atoms with Crippen molar-refractivity contribution < 1.29 is 4.74 Å². The topological polar surface area (TPSA) is 35.0 Å². The summed E-state index contributed by atoms with van der Waals surface area (Å²) in [7, 11) is 1.67. The van der Waals surface area contributed by atoms with Crippen molar-refractivity contribution in [3.63, 3.8) is 0 Å². The minimum Gasteiger partial charge on any atom is -0.373 e. The van der Waals surface area contributed by atoms with E-state index >= 15 is 0 Å². The summed E-state index contributed by atoms with van der Waals surface area (Å²) in [5.74, 6) is 0.672. The van der Waals surface area contributed by atoms with Crippen LogP contribution in [-0.4, -0.2) is 17.1 Å². The van der Waals surface area contributed by atoms with Gasteiger partial charge in [0.15, 0.2) is 5.82 Å². The van der Waals surface area contributed by atoms with Crippen molar-refractivity contribution in [2.45, 2.75) is 45.6 Å². The fraction of sp³-hybridized carbons (Fsp3) is 0.667. The van der Waals surface area contributed by atoms with Gasteiger partial charge >= 0.3 is 0 Å². The number of nitrogens with zero attached hydrogens (tertiary/aromatic N) is 2. The third kappa shape index (κ3) is 3.51. The molecule has 1 aromatic heterocycles. The van der Waals surface area contributed by atoms with Gasteiger partial charge in [-0.3, -0.25) is 0 Å². The highest BCUT2D eigenvalue weighted by atomic mass is 127. The molecule has 0 fully saturated rings. The summed E-state index contributed by atoms with van der Waals surface area (Å²) < 4.78 is 6.28. The van der Waals surface area contributed by atoms with Crippen molar-refractivity contribution in [2.75, 3.05) is 7.11 Å². The highest BCUT2D eigenvalue weighted by molar-refractivity contribution is 14.1. The third-order valence-corrected chi connectivity index (χ3v) is 4.10. The quantitative estimate of drug-likeness (QED) is 0.594. The summed E-state index contributed by atoms with van der Waals surface area (Å²) in [5.41, 5.74) is 0.924. The van der Waals surface area contributed by atoms with Gasteiger partial charge in [-0.1, -0.05) is 39.3 Å². The fourth-order valence-corrected chi connectivity index (χ4v) is 2.76. The predicted octanol–water partition coefficient (Wildman–Crippen LogP) is 4.13. The maximum absolute atomic E-state index is 6.17. The van der Waals surface area contributed by atoms with Gasteiger partial charge in [0.2, 0.25) is 0 Å². The monoisotopic (exact) mass is 368 g/mol. The molecule has 0 bridgehead atoms. The molecule has 1 aromatic rings. The van der Waals surface area contributed by atoms with Gasteiger partial charge in [-0.2, -0.15) is 0 Å². The third-order valence-electron chi connectivity index (χ3n) is 2.48. The highest BCUT2D eigenvalue weighted by Gasteiger charge is 2.24. The maximum Gasteiger partial charge on any atom is 0.159 e. The Morgan fingerprint density at radius 2 is 1.94 bits per heavy atom. The Labute approximate surface area is 121 Å². The zero-order valence-electron chi connectivity index (χ0n) is 10.8. The first-order valence-electron chi connectivity index (χ1n) is 5.57. The SMILES string of the molecule is CCC(OC)c1nc(Cl)c(I)c(C(C)(C)C)n1. The van der Waals surface area contributed by atoms with Crippen LogP contribution in [0.5, 0.6) is 0 Å². The van der Waals surface area contributed by atoms with Crippen molar-refractivity contribution >= 4 is 34.2 Å². The van der Waals surface area contributed by atoms with Gasteiger partial charge in [-0.05, 0) is 29.0 Å². The molecule has 0 aliphatic carbocycles. The second-order valence-electron chi connectivity index (χ2n) is 4.92. The van der Waals surface area contributed by atoms with E-state index in [1.54, 1.807) is 7.11 Å². The Bertz CT molecular complexity index is 400. The van der Waals surface area contributed by atoms with Gasteiger partial charge in [0, 0.05) is 12.5 Å². The summed E-state index contributed by atoms with van der Waals surface area (Å²) >= 11 is 8.37. The summed E-state index contributed by atoms with van der Waals surface area (Å²) in [5, 5.41) is 0.510. The smallest absolute Gasteiger partial charge is 0.159 e. The summed E-state index contributed by atoms with van der Waals surface area (Å²) in [6, 6.07) is 0. The molecular formula is C12H18ClIN2O. The van der Waals surface area contributed by atoms with E-state index in [1.165, 1.54) is 0 Å². The van der Waals surface area contributed by atoms with Crippen LogP contribution in [0.1, 0.15) is 51.7 Å². The highest BCUT2D eigenvalue weighted by Crippen LogP contribution is 2.31. The molecule has 0 aliphatic rings. The molecule has 17 heavy (non-hydrogen) atoms. The van der Waals surface area contributed by atoms with Gasteiger partial charge in [-0.15, -0.1) is 0 Å². The second kappa shape index (κ2) is 5.80. The van der Waals surface area contributed by atoms with Gasteiger partial charge in [0.25, 0.3) is 0 Å². The molecule has 0 aliphatic heterocycles. The van der Waals surface area contributed by atoms with Crippen molar-refractivity contribution in [1.29, 1.82) is 0 Å². The van der Waals surface area contributed by atoms with E-state index in [9.17, 15) is 0 Å². The van der Waals surface area contributed by atoms with Crippen molar-refractivity contribution in [3.05, 3.63) is 20.2 Å². The number of halogens is 2. The van der Waals surface area contributed by atoms with E-state index in [2.05, 4.69) is 53.3 Å². The summed E-state index contributed by atoms with van der Waals surface area (Å²) in [4.78, 5) is 8.93. The Morgan fingerprint density at radius 3 is 2.35 bits per heavy atom. The Morgan fingerprint density at radius 1 is 1.35 bits per heavy atom. The van der Waals surface area contributed by atoms with Gasteiger partial charge in [-0.25, -0.2) is 9.97 Å². The Kier molecular flexibility index (Phi) is 5.16. The fourth-order valence-electron chi connectivity index (χ4n) is 1.53. The van der Waals surface area contributed by atoms with E-state index in [1.807, 2.05) is 6.92 Å². The lowest BCUT2D eigenvalue weighted by Gasteiger charge is -2.22. The zero-order valence-corrected chi connectivity index (χ0v) is 13.8. The average molecular weight is 369 g/mol. The van der Waals surface area contributed by atoms with Crippen LogP contribution in [0.25, 0.3) is 0 Å². The molecule has 5 heteroatoms. The first kappa shape index (κ1) is 15.1. The van der Waals surface area contributed by atoms with Crippen LogP contribution in [0.3, 0.4) is 0 Å². The van der Waals surface area contributed by atoms with Crippen LogP contribution < -0.4 is 0 Å². The lowest BCUT2D eigenvalue weighted by atomic mass is 9.92. The molecule has 0 radical (unpaired) electrons. The number of rotatable bonds is 3. The molecule has 0 aromatic carbocycles. The molecule has 0 saturated heterocycles. The molecule has 0 amide bonds. The molecule has 0 spiro atoms. The van der Waals surface area contributed by atoms with E-state index < -0.39 is 0 Å². The number of methoxy groups -OCH3 is 1. The summed E-state index contributed by atoms with van der Waals surface area (Å²) in [6.45, 7) is 8.39. The Balaban J connectivity index is 3.33. The first-order valence-corrected chi connectivity index (χ1v) is 7.03. The predicted molar refractivity (Wildman–Crippen MR) is 78.5 cm³/mol. The van der Waals surface area contributed by atoms with E-state index in [-0.39, 0.29) is 11.5 Å². The van der Waals surface area contributed by atoms with E-state index in [0.29, 0.717) is 11.0 Å². The minimum absolute atomic E-state index is 0.0517. The number of hydrogen-bond donors (Lipinski definition) is 0. The van der Waals surface area contributed by atoms with Gasteiger partial charge in [0.05, 0.1) is 9.26 Å². The van der Waals surface area contributed by atoms with E-state index in [0.717, 1.165) is 15.7 Å². The number of aromatic nitrogens is 2. The van der Waals surface area contributed by atoms with Crippen LogP contribution in [0.2, 0.25) is 5.15 Å². The molecule has 1 rings (SSSR count). The summed E-state index contributed by atoms with van der Waals surface area (Å²) in [6.07, 6.45) is 0.738. The lowest BCUT2D eigenvalue weighted by Crippen LogP contribution is -2.19. The number of hydrogen-bond acceptors (Lipinski definition) is 3. The van der Waals surface area contributed by atoms with Crippen molar-refractivity contribution in [1.82, 2.24) is 9.97 Å². The van der Waals surface area contributed by atoms with Crippen LogP contribution in [0, 0.1) is 3.57 Å². The maximum atomic E-state index is 6.17. The molecular weight excluding hydrogens is 351 g/mol. The van der Waals surface area contributed by atoms with Gasteiger partial charge in [0.1, 0.15) is 11.3 Å². The second-order valence-corrected chi connectivity index (χ2v) is 6.35. The Hall–Kier alpha value is 0.0600. The molecule has 0 N–H and O–H groups in total. The zero-order chi connectivity index (χ0) is 13.2. The number of ether oxygens (including phenoxy) is 1. The molecule has 1 atom stereocenters. The molecule has 1 unspecified atom stereocenters. The van der Waals surface area contributed by atoms with Crippen molar-refractivity contribution in [3.8, 4) is 0 Å². The minimum atomic E-state index is -0.0920. The molecule has 3 nitrogen and oxygen atoms in total. The largest absolute Gasteiger partial charge is 0.373 e. The van der Waals surface area contributed by atoms with E-state index in [4.69, 9.17) is 16.3 Å². The van der Waals surface area contributed by atoms with Crippen LogP contribution in [0.4, 0.5) is 0 Å². The van der Waals surface area contributed by atoms with Crippen LogP contribution >= 0.6 is 34.2 Å². The first-order chi connectivity index (χ1) is 7.81.